The van der Waals surface area contributed by atoms with Gasteiger partial charge in [-0.25, -0.2) is 18.4 Å². The second kappa shape index (κ2) is 6.79. The molecule has 0 saturated heterocycles. The summed E-state index contributed by atoms with van der Waals surface area (Å²) >= 11 is 3.31. The van der Waals surface area contributed by atoms with Gasteiger partial charge in [0.15, 0.2) is 0 Å². The van der Waals surface area contributed by atoms with Crippen molar-refractivity contribution in [3.8, 4) is 11.3 Å². The van der Waals surface area contributed by atoms with Crippen molar-refractivity contribution in [1.29, 1.82) is 0 Å². The minimum Gasteiger partial charge on any atom is -0.291 e. The fourth-order valence-corrected chi connectivity index (χ4v) is 4.06. The molecule has 0 aliphatic rings. The van der Waals surface area contributed by atoms with Gasteiger partial charge in [-0.2, -0.15) is 0 Å². The lowest BCUT2D eigenvalue weighted by atomic mass is 10.1. The maximum absolute atomic E-state index is 12.7. The van der Waals surface area contributed by atoms with Gasteiger partial charge in [-0.1, -0.05) is 28.1 Å². The summed E-state index contributed by atoms with van der Waals surface area (Å²) in [5.74, 6) is 0.588. The summed E-state index contributed by atoms with van der Waals surface area (Å²) in [6.45, 7) is 1.86. The van der Waals surface area contributed by atoms with E-state index in [4.69, 9.17) is 0 Å². The molecular weight excluding hydrogens is 428 g/mol. The third-order valence-corrected chi connectivity index (χ3v) is 6.05. The maximum atomic E-state index is 12.7. The van der Waals surface area contributed by atoms with Crippen molar-refractivity contribution in [2.24, 2.45) is 0 Å². The van der Waals surface area contributed by atoms with Crippen LogP contribution in [0.5, 0.6) is 0 Å². The number of sulfonamides is 1. The molecule has 0 unspecified atom stereocenters. The van der Waals surface area contributed by atoms with Crippen LogP contribution in [0.15, 0.2) is 76.5 Å². The number of benzene rings is 2. The monoisotopic (exact) mass is 442 g/mol. The number of halogens is 1. The van der Waals surface area contributed by atoms with E-state index < -0.39 is 10.0 Å². The molecule has 0 fully saturated rings. The highest BCUT2D eigenvalue weighted by Gasteiger charge is 2.16. The molecule has 4 aromatic rings. The summed E-state index contributed by atoms with van der Waals surface area (Å²) < 4.78 is 30.7. The lowest BCUT2D eigenvalue weighted by Gasteiger charge is -2.12. The minimum absolute atomic E-state index is 0.201. The molecule has 0 atom stereocenters. The van der Waals surface area contributed by atoms with Crippen molar-refractivity contribution in [2.45, 2.75) is 11.8 Å². The summed E-state index contributed by atoms with van der Waals surface area (Å²) in [7, 11) is -3.68. The maximum Gasteiger partial charge on any atom is 0.261 e. The standard InChI is InChI=1S/C19H15BrN4O2S/c1-13-3-4-14(18-12-24-10-2-9-21-19(24)22-18)11-17(13)23-27(25,26)16-7-5-15(20)6-8-16/h2-12,23H,1H3. The number of anilines is 1. The number of imidazole rings is 1. The van der Waals surface area contributed by atoms with Crippen LogP contribution in [0.2, 0.25) is 0 Å². The predicted octanol–water partition coefficient (Wildman–Crippen LogP) is 4.27. The number of fused-ring (bicyclic) bond motifs is 1. The number of rotatable bonds is 4. The largest absolute Gasteiger partial charge is 0.291 e. The zero-order valence-electron chi connectivity index (χ0n) is 14.3. The Morgan fingerprint density at radius 3 is 2.63 bits per heavy atom. The van der Waals surface area contributed by atoms with Crippen LogP contribution in [0.3, 0.4) is 0 Å². The number of aromatic nitrogens is 3. The second-order valence-corrected chi connectivity index (χ2v) is 8.64. The molecule has 0 saturated carbocycles. The van der Waals surface area contributed by atoms with E-state index in [1.54, 1.807) is 36.5 Å². The zero-order chi connectivity index (χ0) is 19.0. The Balaban J connectivity index is 1.71. The average molecular weight is 443 g/mol. The number of nitrogens with one attached hydrogen (secondary N) is 1. The van der Waals surface area contributed by atoms with Crippen LogP contribution < -0.4 is 4.72 Å². The normalized spacial score (nSPS) is 11.6. The molecule has 0 amide bonds. The molecule has 0 bridgehead atoms. The molecule has 4 rings (SSSR count). The highest BCUT2D eigenvalue weighted by Crippen LogP contribution is 2.27. The summed E-state index contributed by atoms with van der Waals surface area (Å²) in [6.07, 6.45) is 5.41. The molecule has 0 aliphatic carbocycles. The van der Waals surface area contributed by atoms with Crippen LogP contribution in [-0.2, 0) is 10.0 Å². The van der Waals surface area contributed by atoms with Gasteiger partial charge in [0.05, 0.1) is 16.3 Å². The fourth-order valence-electron chi connectivity index (χ4n) is 2.68. The quantitative estimate of drug-likeness (QED) is 0.511. The number of hydrogen-bond donors (Lipinski definition) is 1. The Labute approximate surface area is 165 Å². The van der Waals surface area contributed by atoms with Crippen molar-refractivity contribution in [2.75, 3.05) is 4.72 Å². The molecule has 2 aromatic carbocycles. The average Bonchev–Trinajstić information content (AvgIpc) is 3.08. The van der Waals surface area contributed by atoms with E-state index in [0.717, 1.165) is 21.3 Å². The molecule has 2 heterocycles. The van der Waals surface area contributed by atoms with E-state index in [1.807, 2.05) is 41.9 Å². The third-order valence-electron chi connectivity index (χ3n) is 4.14. The summed E-state index contributed by atoms with van der Waals surface area (Å²) in [5.41, 5.74) is 2.86. The minimum atomic E-state index is -3.68. The SMILES string of the molecule is Cc1ccc(-c2cn3cccnc3n2)cc1NS(=O)(=O)c1ccc(Br)cc1. The van der Waals surface area contributed by atoms with Crippen LogP contribution in [-0.4, -0.2) is 22.8 Å². The first-order valence-corrected chi connectivity index (χ1v) is 10.4. The number of hydrogen-bond acceptors (Lipinski definition) is 4. The summed E-state index contributed by atoms with van der Waals surface area (Å²) in [5, 5.41) is 0. The van der Waals surface area contributed by atoms with Crippen molar-refractivity contribution >= 4 is 37.4 Å². The van der Waals surface area contributed by atoms with Gasteiger partial charge >= 0.3 is 0 Å². The molecule has 0 radical (unpaired) electrons. The highest BCUT2D eigenvalue weighted by atomic mass is 79.9. The van der Waals surface area contributed by atoms with E-state index in [1.165, 1.54) is 0 Å². The Morgan fingerprint density at radius 1 is 1.11 bits per heavy atom. The van der Waals surface area contributed by atoms with Crippen molar-refractivity contribution < 1.29 is 8.42 Å². The lowest BCUT2D eigenvalue weighted by Crippen LogP contribution is -2.13. The molecule has 0 aliphatic heterocycles. The van der Waals surface area contributed by atoms with Gasteiger partial charge in [0.2, 0.25) is 5.78 Å². The second-order valence-electron chi connectivity index (χ2n) is 6.04. The Morgan fingerprint density at radius 2 is 1.89 bits per heavy atom. The first kappa shape index (κ1) is 17.7. The van der Waals surface area contributed by atoms with Gasteiger partial charge < -0.3 is 0 Å². The van der Waals surface area contributed by atoms with E-state index in [0.29, 0.717) is 11.5 Å². The fraction of sp³-hybridized carbons (Fsp3) is 0.0526. The molecule has 0 spiro atoms. The van der Waals surface area contributed by atoms with Crippen LogP contribution >= 0.6 is 15.9 Å². The van der Waals surface area contributed by atoms with E-state index in [2.05, 4.69) is 30.6 Å². The molecule has 27 heavy (non-hydrogen) atoms. The first-order chi connectivity index (χ1) is 12.9. The van der Waals surface area contributed by atoms with Crippen LogP contribution in [0.4, 0.5) is 5.69 Å². The Bertz CT molecular complexity index is 1200. The van der Waals surface area contributed by atoms with Gasteiger partial charge in [-0.15, -0.1) is 0 Å². The van der Waals surface area contributed by atoms with Crippen molar-refractivity contribution in [3.05, 3.63) is 77.2 Å². The van der Waals surface area contributed by atoms with Crippen LogP contribution in [0.25, 0.3) is 17.0 Å². The molecule has 8 heteroatoms. The topological polar surface area (TPSA) is 76.4 Å². The van der Waals surface area contributed by atoms with Crippen LogP contribution in [0, 0.1) is 6.92 Å². The molecule has 136 valence electrons. The van der Waals surface area contributed by atoms with Crippen molar-refractivity contribution in [3.63, 3.8) is 0 Å². The summed E-state index contributed by atoms with van der Waals surface area (Å²) in [6, 6.07) is 13.9. The first-order valence-electron chi connectivity index (χ1n) is 8.11. The van der Waals surface area contributed by atoms with Crippen LogP contribution in [0.1, 0.15) is 5.56 Å². The highest BCUT2D eigenvalue weighted by molar-refractivity contribution is 9.10. The van der Waals surface area contributed by atoms with Gasteiger partial charge in [-0.05, 0) is 48.9 Å². The van der Waals surface area contributed by atoms with Gasteiger partial charge in [0, 0.05) is 28.6 Å². The van der Waals surface area contributed by atoms with E-state index >= 15 is 0 Å². The van der Waals surface area contributed by atoms with E-state index in [9.17, 15) is 8.42 Å². The number of nitrogens with zero attached hydrogens (tertiary/aromatic N) is 3. The van der Waals surface area contributed by atoms with Gasteiger partial charge in [-0.3, -0.25) is 9.12 Å². The lowest BCUT2D eigenvalue weighted by molar-refractivity contribution is 0.601. The van der Waals surface area contributed by atoms with Gasteiger partial charge in [0.25, 0.3) is 10.0 Å². The Hall–Kier alpha value is -2.71. The molecular formula is C19H15BrN4O2S. The molecule has 2 aromatic heterocycles. The zero-order valence-corrected chi connectivity index (χ0v) is 16.7. The predicted molar refractivity (Wildman–Crippen MR) is 108 cm³/mol. The smallest absolute Gasteiger partial charge is 0.261 e. The van der Waals surface area contributed by atoms with Gasteiger partial charge in [0.1, 0.15) is 0 Å². The third kappa shape index (κ3) is 3.58. The molecule has 6 nitrogen and oxygen atoms in total. The summed E-state index contributed by atoms with van der Waals surface area (Å²) in [4.78, 5) is 8.90. The van der Waals surface area contributed by atoms with E-state index in [-0.39, 0.29) is 4.90 Å². The molecule has 1 N–H and O–H groups in total. The number of aryl methyl sites for hydroxylation is 1. The van der Waals surface area contributed by atoms with Crippen molar-refractivity contribution in [1.82, 2.24) is 14.4 Å². The Kier molecular flexibility index (Phi) is 4.45.